The third-order valence-electron chi connectivity index (χ3n) is 3.10. The van der Waals surface area contributed by atoms with E-state index in [1.54, 1.807) is 54.6 Å². The molecule has 0 aliphatic heterocycles. The molecule has 3 rings (SSSR count). The molecule has 0 unspecified atom stereocenters. The summed E-state index contributed by atoms with van der Waals surface area (Å²) in [6.45, 7) is 0. The predicted molar refractivity (Wildman–Crippen MR) is 93.3 cm³/mol. The summed E-state index contributed by atoms with van der Waals surface area (Å²) >= 11 is 6.38. The quantitative estimate of drug-likeness (QED) is 0.655. The SMILES string of the molecule is Nc1cccc(Oc2cccc(Oc3cccc(N)c3)c2Cl)c1. The minimum Gasteiger partial charge on any atom is -0.456 e. The van der Waals surface area contributed by atoms with Crippen molar-refractivity contribution in [2.75, 3.05) is 11.5 Å². The van der Waals surface area contributed by atoms with Gasteiger partial charge in [-0.3, -0.25) is 0 Å². The molecule has 4 nitrogen and oxygen atoms in total. The molecule has 0 spiro atoms. The van der Waals surface area contributed by atoms with Crippen molar-refractivity contribution in [1.29, 1.82) is 0 Å². The van der Waals surface area contributed by atoms with Crippen molar-refractivity contribution < 1.29 is 9.47 Å². The Bertz CT molecular complexity index is 771. The standard InChI is InChI=1S/C18H15ClN2O2/c19-18-16(22-14-6-1-4-12(20)10-14)8-3-9-17(18)23-15-7-2-5-13(21)11-15/h1-11H,20-21H2. The molecule has 0 saturated carbocycles. The lowest BCUT2D eigenvalue weighted by Gasteiger charge is -2.12. The van der Waals surface area contributed by atoms with Gasteiger partial charge in [-0.05, 0) is 36.4 Å². The summed E-state index contributed by atoms with van der Waals surface area (Å²) in [6, 6.07) is 19.6. The minimum atomic E-state index is 0.373. The van der Waals surface area contributed by atoms with E-state index in [-0.39, 0.29) is 0 Å². The molecule has 0 fully saturated rings. The van der Waals surface area contributed by atoms with Crippen LogP contribution in [0.1, 0.15) is 0 Å². The van der Waals surface area contributed by atoms with Crippen LogP contribution in [0.25, 0.3) is 0 Å². The Labute approximate surface area is 139 Å². The molecule has 0 aliphatic rings. The van der Waals surface area contributed by atoms with E-state index in [0.717, 1.165) is 0 Å². The third-order valence-corrected chi connectivity index (χ3v) is 3.47. The molecular formula is C18H15ClN2O2. The van der Waals surface area contributed by atoms with Crippen molar-refractivity contribution in [2.45, 2.75) is 0 Å². The summed E-state index contributed by atoms with van der Waals surface area (Å²) in [5.74, 6) is 2.18. The Morgan fingerprint density at radius 2 is 1.09 bits per heavy atom. The van der Waals surface area contributed by atoms with Crippen LogP contribution in [-0.4, -0.2) is 0 Å². The Morgan fingerprint density at radius 3 is 1.52 bits per heavy atom. The monoisotopic (exact) mass is 326 g/mol. The van der Waals surface area contributed by atoms with E-state index >= 15 is 0 Å². The van der Waals surface area contributed by atoms with Crippen LogP contribution in [0.5, 0.6) is 23.0 Å². The number of ether oxygens (including phenoxy) is 2. The molecule has 4 N–H and O–H groups in total. The van der Waals surface area contributed by atoms with Crippen molar-refractivity contribution in [1.82, 2.24) is 0 Å². The Kier molecular flexibility index (Phi) is 4.26. The van der Waals surface area contributed by atoms with Crippen LogP contribution >= 0.6 is 11.6 Å². The molecule has 0 aliphatic carbocycles. The second-order valence-electron chi connectivity index (χ2n) is 4.92. The molecule has 0 amide bonds. The number of rotatable bonds is 4. The fourth-order valence-electron chi connectivity index (χ4n) is 2.06. The van der Waals surface area contributed by atoms with E-state index in [4.69, 9.17) is 32.5 Å². The average molecular weight is 327 g/mol. The highest BCUT2D eigenvalue weighted by Crippen LogP contribution is 2.38. The lowest BCUT2D eigenvalue weighted by Crippen LogP contribution is -1.91. The van der Waals surface area contributed by atoms with Crippen LogP contribution in [0.4, 0.5) is 11.4 Å². The number of anilines is 2. The maximum Gasteiger partial charge on any atom is 0.149 e. The van der Waals surface area contributed by atoms with E-state index < -0.39 is 0 Å². The van der Waals surface area contributed by atoms with Crippen molar-refractivity contribution in [2.24, 2.45) is 0 Å². The molecule has 23 heavy (non-hydrogen) atoms. The van der Waals surface area contributed by atoms with Gasteiger partial charge in [0, 0.05) is 23.5 Å². The van der Waals surface area contributed by atoms with Crippen molar-refractivity contribution in [3.63, 3.8) is 0 Å². The molecular weight excluding hydrogens is 312 g/mol. The molecule has 0 atom stereocenters. The molecule has 3 aromatic carbocycles. The highest BCUT2D eigenvalue weighted by atomic mass is 35.5. The maximum absolute atomic E-state index is 6.38. The van der Waals surface area contributed by atoms with E-state index in [9.17, 15) is 0 Å². The van der Waals surface area contributed by atoms with Gasteiger partial charge in [0.1, 0.15) is 28.0 Å². The fourth-order valence-corrected chi connectivity index (χ4v) is 2.26. The van der Waals surface area contributed by atoms with Crippen LogP contribution in [0.2, 0.25) is 5.02 Å². The summed E-state index contributed by atoms with van der Waals surface area (Å²) in [7, 11) is 0. The van der Waals surface area contributed by atoms with Gasteiger partial charge in [0.25, 0.3) is 0 Å². The Balaban J connectivity index is 1.86. The van der Waals surface area contributed by atoms with Gasteiger partial charge in [-0.1, -0.05) is 29.8 Å². The van der Waals surface area contributed by atoms with Crippen molar-refractivity contribution >= 4 is 23.0 Å². The van der Waals surface area contributed by atoms with Gasteiger partial charge >= 0.3 is 0 Å². The summed E-state index contributed by atoms with van der Waals surface area (Å²) in [4.78, 5) is 0. The van der Waals surface area contributed by atoms with Crippen LogP contribution in [-0.2, 0) is 0 Å². The van der Waals surface area contributed by atoms with Gasteiger partial charge < -0.3 is 20.9 Å². The zero-order valence-corrected chi connectivity index (χ0v) is 13.0. The number of hydrogen-bond donors (Lipinski definition) is 2. The first-order chi connectivity index (χ1) is 11.1. The van der Waals surface area contributed by atoms with Crippen LogP contribution < -0.4 is 20.9 Å². The highest BCUT2D eigenvalue weighted by Gasteiger charge is 2.10. The van der Waals surface area contributed by atoms with Crippen LogP contribution in [0, 0.1) is 0 Å². The third kappa shape index (κ3) is 3.67. The second kappa shape index (κ2) is 6.50. The number of hydrogen-bond acceptors (Lipinski definition) is 4. The summed E-state index contributed by atoms with van der Waals surface area (Å²) < 4.78 is 11.6. The Hall–Kier alpha value is -2.85. The molecule has 0 aromatic heterocycles. The molecule has 0 radical (unpaired) electrons. The van der Waals surface area contributed by atoms with Gasteiger partial charge in [-0.2, -0.15) is 0 Å². The first kappa shape index (κ1) is 15.1. The molecule has 5 heteroatoms. The number of benzene rings is 3. The maximum atomic E-state index is 6.38. The van der Waals surface area contributed by atoms with Gasteiger partial charge in [0.2, 0.25) is 0 Å². The second-order valence-corrected chi connectivity index (χ2v) is 5.30. The normalized spacial score (nSPS) is 10.3. The lowest BCUT2D eigenvalue weighted by atomic mass is 10.3. The highest BCUT2D eigenvalue weighted by molar-refractivity contribution is 6.33. The number of nitrogens with two attached hydrogens (primary N) is 2. The topological polar surface area (TPSA) is 70.5 Å². The van der Waals surface area contributed by atoms with Crippen LogP contribution in [0.15, 0.2) is 66.7 Å². The largest absolute Gasteiger partial charge is 0.456 e. The summed E-state index contributed by atoms with van der Waals surface area (Å²) in [5.41, 5.74) is 12.7. The van der Waals surface area contributed by atoms with Crippen molar-refractivity contribution in [3.8, 4) is 23.0 Å². The summed E-state index contributed by atoms with van der Waals surface area (Å²) in [5, 5.41) is 0.373. The Morgan fingerprint density at radius 1 is 0.652 bits per heavy atom. The zero-order chi connectivity index (χ0) is 16.2. The first-order valence-electron chi connectivity index (χ1n) is 6.97. The summed E-state index contributed by atoms with van der Waals surface area (Å²) in [6.07, 6.45) is 0. The molecule has 3 aromatic rings. The van der Waals surface area contributed by atoms with E-state index in [0.29, 0.717) is 39.4 Å². The van der Waals surface area contributed by atoms with E-state index in [1.807, 2.05) is 12.1 Å². The number of halogens is 1. The van der Waals surface area contributed by atoms with Gasteiger partial charge in [-0.15, -0.1) is 0 Å². The molecule has 0 heterocycles. The average Bonchev–Trinajstić information content (AvgIpc) is 2.51. The van der Waals surface area contributed by atoms with Gasteiger partial charge in [0.05, 0.1) is 0 Å². The first-order valence-corrected chi connectivity index (χ1v) is 7.35. The fraction of sp³-hybridized carbons (Fsp3) is 0. The van der Waals surface area contributed by atoms with Crippen molar-refractivity contribution in [3.05, 3.63) is 71.8 Å². The van der Waals surface area contributed by atoms with E-state index in [2.05, 4.69) is 0 Å². The minimum absolute atomic E-state index is 0.373. The predicted octanol–water partition coefficient (Wildman–Crippen LogP) is 5.09. The molecule has 0 bridgehead atoms. The van der Waals surface area contributed by atoms with Crippen LogP contribution in [0.3, 0.4) is 0 Å². The smallest absolute Gasteiger partial charge is 0.149 e. The molecule has 0 saturated heterocycles. The number of nitrogen functional groups attached to an aromatic ring is 2. The van der Waals surface area contributed by atoms with Gasteiger partial charge in [0.15, 0.2) is 0 Å². The lowest BCUT2D eigenvalue weighted by molar-refractivity contribution is 0.461. The van der Waals surface area contributed by atoms with Gasteiger partial charge in [-0.25, -0.2) is 0 Å². The molecule has 116 valence electrons. The van der Waals surface area contributed by atoms with E-state index in [1.165, 1.54) is 0 Å². The zero-order valence-electron chi connectivity index (χ0n) is 12.2.